The van der Waals surface area contributed by atoms with E-state index >= 15 is 0 Å². The second kappa shape index (κ2) is 13.6. The number of rotatable bonds is 12. The molecule has 0 bridgehead atoms. The van der Waals surface area contributed by atoms with Crippen LogP contribution in [0.15, 0.2) is 36.4 Å². The molecule has 0 aliphatic heterocycles. The van der Waals surface area contributed by atoms with Gasteiger partial charge in [-0.2, -0.15) is 0 Å². The number of carbonyl (C=O) groups is 2. The lowest BCUT2D eigenvalue weighted by Gasteiger charge is -2.33. The van der Waals surface area contributed by atoms with E-state index in [-0.39, 0.29) is 39.2 Å². The summed E-state index contributed by atoms with van der Waals surface area (Å²) in [4.78, 5) is 28.3. The van der Waals surface area contributed by atoms with Crippen LogP contribution in [-0.4, -0.2) is 57.1 Å². The molecule has 2 atom stereocenters. The van der Waals surface area contributed by atoms with Crippen LogP contribution in [-0.2, 0) is 26.2 Å². The van der Waals surface area contributed by atoms with Crippen LogP contribution >= 0.6 is 34.8 Å². The van der Waals surface area contributed by atoms with Crippen molar-refractivity contribution in [3.8, 4) is 5.75 Å². The van der Waals surface area contributed by atoms with Crippen molar-refractivity contribution >= 4 is 62.3 Å². The van der Waals surface area contributed by atoms with Crippen molar-refractivity contribution in [2.75, 3.05) is 24.2 Å². The fourth-order valence-corrected chi connectivity index (χ4v) is 5.13. The van der Waals surface area contributed by atoms with Gasteiger partial charge in [0.2, 0.25) is 21.8 Å². The Labute approximate surface area is 233 Å². The SMILES string of the molecule is CC[C@@H](C)NC(=O)[C@@H](CC)N(Cc1ccc(OC)cc1)C(=O)CN(c1cc(Cl)c(Cl)cc1Cl)S(C)(=O)=O. The summed E-state index contributed by atoms with van der Waals surface area (Å²) in [5.74, 6) is -0.271. The van der Waals surface area contributed by atoms with E-state index in [4.69, 9.17) is 39.5 Å². The summed E-state index contributed by atoms with van der Waals surface area (Å²) in [6.45, 7) is 5.08. The fraction of sp³-hybridized carbons (Fsp3) is 0.440. The van der Waals surface area contributed by atoms with E-state index in [0.717, 1.165) is 16.1 Å². The van der Waals surface area contributed by atoms with Gasteiger partial charge in [-0.05, 0) is 49.6 Å². The topological polar surface area (TPSA) is 96.0 Å². The standard InChI is InChI=1S/C25H32Cl3N3O5S/c1-6-16(3)29-25(33)22(7-2)30(14-17-8-10-18(36-4)11-9-17)24(32)15-31(37(5,34)35)23-13-20(27)19(26)12-21(23)28/h8-13,16,22H,6-7,14-15H2,1-5H3,(H,29,33)/t16-,22-/m1/s1. The molecule has 2 aromatic carbocycles. The van der Waals surface area contributed by atoms with E-state index < -0.39 is 28.5 Å². The molecule has 2 aromatic rings. The predicted molar refractivity (Wildman–Crippen MR) is 149 cm³/mol. The number of ether oxygens (including phenoxy) is 1. The number of methoxy groups -OCH3 is 1. The van der Waals surface area contributed by atoms with Gasteiger partial charge in [0.1, 0.15) is 18.3 Å². The van der Waals surface area contributed by atoms with Gasteiger partial charge in [0.15, 0.2) is 0 Å². The Balaban J connectivity index is 2.50. The van der Waals surface area contributed by atoms with Crippen molar-refractivity contribution < 1.29 is 22.7 Å². The lowest BCUT2D eigenvalue weighted by molar-refractivity contribution is -0.140. The van der Waals surface area contributed by atoms with Crippen LogP contribution in [0, 0.1) is 0 Å². The molecule has 0 aliphatic rings. The van der Waals surface area contributed by atoms with Crippen molar-refractivity contribution in [3.63, 3.8) is 0 Å². The summed E-state index contributed by atoms with van der Waals surface area (Å²) in [5, 5.41) is 3.15. The Kier molecular flexibility index (Phi) is 11.4. The number of nitrogens with one attached hydrogen (secondary N) is 1. The first-order valence-electron chi connectivity index (χ1n) is 11.7. The minimum atomic E-state index is -3.97. The minimum Gasteiger partial charge on any atom is -0.497 e. The van der Waals surface area contributed by atoms with E-state index in [0.29, 0.717) is 18.6 Å². The van der Waals surface area contributed by atoms with Crippen molar-refractivity contribution in [1.29, 1.82) is 0 Å². The van der Waals surface area contributed by atoms with Gasteiger partial charge in [0, 0.05) is 12.6 Å². The van der Waals surface area contributed by atoms with E-state index in [2.05, 4.69) is 5.32 Å². The van der Waals surface area contributed by atoms with E-state index in [9.17, 15) is 18.0 Å². The van der Waals surface area contributed by atoms with Crippen molar-refractivity contribution in [2.24, 2.45) is 0 Å². The van der Waals surface area contributed by atoms with Gasteiger partial charge < -0.3 is 15.0 Å². The van der Waals surface area contributed by atoms with Gasteiger partial charge in [0.25, 0.3) is 0 Å². The van der Waals surface area contributed by atoms with Crippen LogP contribution in [0.2, 0.25) is 15.1 Å². The predicted octanol–water partition coefficient (Wildman–Crippen LogP) is 5.14. The summed E-state index contributed by atoms with van der Waals surface area (Å²) in [5.41, 5.74) is 0.746. The molecule has 2 amide bonds. The monoisotopic (exact) mass is 591 g/mol. The highest BCUT2D eigenvalue weighted by molar-refractivity contribution is 7.92. The highest BCUT2D eigenvalue weighted by Crippen LogP contribution is 2.35. The molecule has 0 aliphatic carbocycles. The summed E-state index contributed by atoms with van der Waals surface area (Å²) in [6, 6.07) is 8.73. The maximum atomic E-state index is 13.7. The van der Waals surface area contributed by atoms with Crippen LogP contribution in [0.25, 0.3) is 0 Å². The molecule has 0 saturated heterocycles. The summed E-state index contributed by atoms with van der Waals surface area (Å²) < 4.78 is 31.6. The highest BCUT2D eigenvalue weighted by atomic mass is 35.5. The first kappa shape index (κ1) is 31.0. The molecule has 12 heteroatoms. The Morgan fingerprint density at radius 3 is 2.11 bits per heavy atom. The van der Waals surface area contributed by atoms with Gasteiger partial charge in [-0.15, -0.1) is 0 Å². The molecule has 204 valence electrons. The molecular formula is C25H32Cl3N3O5S. The molecule has 0 radical (unpaired) electrons. The number of hydrogen-bond donors (Lipinski definition) is 1. The second-order valence-electron chi connectivity index (χ2n) is 8.60. The molecule has 37 heavy (non-hydrogen) atoms. The molecule has 2 rings (SSSR count). The van der Waals surface area contributed by atoms with Gasteiger partial charge >= 0.3 is 0 Å². The van der Waals surface area contributed by atoms with E-state index in [1.807, 2.05) is 13.8 Å². The quantitative estimate of drug-likeness (QED) is 0.344. The van der Waals surface area contributed by atoms with E-state index in [1.54, 1.807) is 38.3 Å². The Morgan fingerprint density at radius 2 is 1.59 bits per heavy atom. The molecular weight excluding hydrogens is 561 g/mol. The normalized spacial score (nSPS) is 13.0. The fourth-order valence-electron chi connectivity index (χ4n) is 3.59. The molecule has 0 fully saturated rings. The average Bonchev–Trinajstić information content (AvgIpc) is 2.84. The van der Waals surface area contributed by atoms with Gasteiger partial charge in [-0.3, -0.25) is 13.9 Å². The largest absolute Gasteiger partial charge is 0.497 e. The number of halogens is 3. The minimum absolute atomic E-state index is 0.00780. The number of anilines is 1. The number of amides is 2. The third kappa shape index (κ3) is 8.40. The Morgan fingerprint density at radius 1 is 1.00 bits per heavy atom. The maximum Gasteiger partial charge on any atom is 0.244 e. The lowest BCUT2D eigenvalue weighted by atomic mass is 10.1. The third-order valence-corrected chi connectivity index (χ3v) is 7.99. The zero-order chi connectivity index (χ0) is 27.9. The number of carbonyl (C=O) groups excluding carboxylic acids is 2. The van der Waals surface area contributed by atoms with Gasteiger partial charge in [-0.1, -0.05) is 60.8 Å². The van der Waals surface area contributed by atoms with Crippen LogP contribution in [0.3, 0.4) is 0 Å². The summed E-state index contributed by atoms with van der Waals surface area (Å²) in [7, 11) is -2.43. The van der Waals surface area contributed by atoms with Crippen LogP contribution in [0.4, 0.5) is 5.69 Å². The first-order chi connectivity index (χ1) is 17.3. The summed E-state index contributed by atoms with van der Waals surface area (Å²) >= 11 is 18.4. The highest BCUT2D eigenvalue weighted by Gasteiger charge is 2.33. The Bertz CT molecular complexity index is 1210. The molecule has 1 N–H and O–H groups in total. The number of hydrogen-bond acceptors (Lipinski definition) is 5. The molecule has 0 saturated carbocycles. The average molecular weight is 593 g/mol. The first-order valence-corrected chi connectivity index (χ1v) is 14.7. The summed E-state index contributed by atoms with van der Waals surface area (Å²) in [6.07, 6.45) is 1.99. The second-order valence-corrected chi connectivity index (χ2v) is 11.7. The van der Waals surface area contributed by atoms with Crippen molar-refractivity contribution in [1.82, 2.24) is 10.2 Å². The number of nitrogens with zero attached hydrogens (tertiary/aromatic N) is 2. The van der Waals surface area contributed by atoms with E-state index in [1.165, 1.54) is 17.0 Å². The maximum absolute atomic E-state index is 13.7. The molecule has 8 nitrogen and oxygen atoms in total. The zero-order valence-electron chi connectivity index (χ0n) is 21.4. The molecule has 0 unspecified atom stereocenters. The van der Waals surface area contributed by atoms with Gasteiger partial charge in [-0.25, -0.2) is 8.42 Å². The Hall–Kier alpha value is -2.20. The van der Waals surface area contributed by atoms with Crippen molar-refractivity contribution in [3.05, 3.63) is 57.0 Å². The van der Waals surface area contributed by atoms with Crippen LogP contribution < -0.4 is 14.4 Å². The molecule has 0 heterocycles. The molecule has 0 spiro atoms. The number of benzene rings is 2. The molecule has 0 aromatic heterocycles. The zero-order valence-corrected chi connectivity index (χ0v) is 24.5. The van der Waals surface area contributed by atoms with Gasteiger partial charge in [0.05, 0.1) is 34.1 Å². The smallest absolute Gasteiger partial charge is 0.244 e. The number of sulfonamides is 1. The van der Waals surface area contributed by atoms with Crippen LogP contribution in [0.1, 0.15) is 39.2 Å². The van der Waals surface area contributed by atoms with Crippen LogP contribution in [0.5, 0.6) is 5.75 Å². The lowest BCUT2D eigenvalue weighted by Crippen LogP contribution is -2.53. The third-order valence-electron chi connectivity index (χ3n) is 5.84. The van der Waals surface area contributed by atoms with Crippen molar-refractivity contribution in [2.45, 2.75) is 52.2 Å².